The molecule has 0 saturated carbocycles. The van der Waals surface area contributed by atoms with Crippen molar-refractivity contribution in [2.75, 3.05) is 6.61 Å². The molecule has 3 rings (SSSR count). The molecule has 0 spiro atoms. The van der Waals surface area contributed by atoms with Crippen molar-refractivity contribution in [3.63, 3.8) is 0 Å². The lowest BCUT2D eigenvalue weighted by Gasteiger charge is -2.12. The van der Waals surface area contributed by atoms with Crippen molar-refractivity contribution in [2.45, 2.75) is 32.0 Å². The van der Waals surface area contributed by atoms with Crippen LogP contribution < -0.4 is 10.1 Å². The predicted molar refractivity (Wildman–Crippen MR) is 103 cm³/mol. The van der Waals surface area contributed by atoms with Gasteiger partial charge in [-0.2, -0.15) is 13.2 Å². The van der Waals surface area contributed by atoms with E-state index in [0.717, 1.165) is 5.56 Å². The Morgan fingerprint density at radius 3 is 2.67 bits per heavy atom. The quantitative estimate of drug-likeness (QED) is 0.559. The normalized spacial score (nSPS) is 11.3. The molecule has 3 aromatic rings. The summed E-state index contributed by atoms with van der Waals surface area (Å²) in [5, 5.41) is 2.66. The van der Waals surface area contributed by atoms with Gasteiger partial charge in [0.1, 0.15) is 0 Å². The second kappa shape index (κ2) is 9.91. The number of hydrogen-bond acceptors (Lipinski definition) is 5. The zero-order valence-electron chi connectivity index (χ0n) is 16.0. The minimum absolute atomic E-state index is 0.0248. The van der Waals surface area contributed by atoms with Crippen LogP contribution in [-0.4, -0.2) is 28.7 Å². The molecule has 0 fully saturated rings. The van der Waals surface area contributed by atoms with Crippen LogP contribution in [0.15, 0.2) is 59.3 Å². The van der Waals surface area contributed by atoms with Crippen molar-refractivity contribution >= 4 is 5.91 Å². The number of ether oxygens (including phenoxy) is 1. The maximum absolute atomic E-state index is 12.3. The summed E-state index contributed by atoms with van der Waals surface area (Å²) in [6, 6.07) is 12.7. The van der Waals surface area contributed by atoms with E-state index in [-0.39, 0.29) is 24.8 Å². The summed E-state index contributed by atoms with van der Waals surface area (Å²) < 4.78 is 47.4. The average Bonchev–Trinajstić information content (AvgIpc) is 3.20. The van der Waals surface area contributed by atoms with Gasteiger partial charge in [-0.05, 0) is 12.5 Å². The van der Waals surface area contributed by atoms with Gasteiger partial charge in [0.15, 0.2) is 18.3 Å². The number of nitrogens with zero attached hydrogens (tertiary/aromatic N) is 2. The van der Waals surface area contributed by atoms with E-state index in [0.29, 0.717) is 30.1 Å². The maximum atomic E-state index is 12.3. The number of alkyl halides is 3. The Bertz CT molecular complexity index is 959. The van der Waals surface area contributed by atoms with Crippen LogP contribution in [0.25, 0.3) is 11.3 Å². The van der Waals surface area contributed by atoms with Crippen molar-refractivity contribution in [3.8, 4) is 17.2 Å². The number of oxazole rings is 1. The highest BCUT2D eigenvalue weighted by molar-refractivity contribution is 5.75. The van der Waals surface area contributed by atoms with E-state index in [4.69, 9.17) is 9.15 Å². The van der Waals surface area contributed by atoms with E-state index in [1.54, 1.807) is 18.3 Å². The number of pyridine rings is 1. The number of halogens is 3. The molecule has 0 aliphatic heterocycles. The Labute approximate surface area is 171 Å². The highest BCUT2D eigenvalue weighted by Gasteiger charge is 2.29. The third kappa shape index (κ3) is 6.61. The van der Waals surface area contributed by atoms with Gasteiger partial charge in [-0.1, -0.05) is 36.4 Å². The molecule has 0 aliphatic rings. The summed E-state index contributed by atoms with van der Waals surface area (Å²) >= 11 is 0. The second-order valence-electron chi connectivity index (χ2n) is 6.49. The van der Waals surface area contributed by atoms with Crippen LogP contribution in [0.2, 0.25) is 0 Å². The van der Waals surface area contributed by atoms with Gasteiger partial charge in [0, 0.05) is 36.7 Å². The van der Waals surface area contributed by atoms with Gasteiger partial charge >= 0.3 is 6.18 Å². The first-order valence-corrected chi connectivity index (χ1v) is 9.31. The van der Waals surface area contributed by atoms with Crippen molar-refractivity contribution in [1.82, 2.24) is 15.3 Å². The average molecular weight is 419 g/mol. The first-order valence-electron chi connectivity index (χ1n) is 9.31. The third-order valence-corrected chi connectivity index (χ3v) is 4.10. The Balaban J connectivity index is 1.43. The number of amides is 1. The molecule has 2 aromatic heterocycles. The fourth-order valence-corrected chi connectivity index (χ4v) is 2.68. The van der Waals surface area contributed by atoms with Crippen LogP contribution in [0.1, 0.15) is 24.3 Å². The zero-order chi connectivity index (χ0) is 21.4. The van der Waals surface area contributed by atoms with Gasteiger partial charge in [0.25, 0.3) is 0 Å². The number of hydrogen-bond donors (Lipinski definition) is 1. The summed E-state index contributed by atoms with van der Waals surface area (Å²) in [6.45, 7) is -1.41. The second-order valence-corrected chi connectivity index (χ2v) is 6.49. The van der Waals surface area contributed by atoms with E-state index in [2.05, 4.69) is 15.3 Å². The summed E-state index contributed by atoms with van der Waals surface area (Å²) in [4.78, 5) is 20.1. The molecule has 158 valence electrons. The SMILES string of the molecule is O=C(CCCc1ncc(-c2ccccc2)o1)NCc1cccnc1OCC(F)(F)F. The lowest BCUT2D eigenvalue weighted by molar-refractivity contribution is -0.154. The molecule has 2 heterocycles. The van der Waals surface area contributed by atoms with E-state index < -0.39 is 12.8 Å². The van der Waals surface area contributed by atoms with Crippen molar-refractivity contribution in [3.05, 3.63) is 66.3 Å². The summed E-state index contributed by atoms with van der Waals surface area (Å²) in [5.41, 5.74) is 1.30. The highest BCUT2D eigenvalue weighted by atomic mass is 19.4. The number of carbonyl (C=O) groups excluding carboxylic acids is 1. The van der Waals surface area contributed by atoms with Gasteiger partial charge in [0.2, 0.25) is 11.8 Å². The Kier molecular flexibility index (Phi) is 7.05. The van der Waals surface area contributed by atoms with Gasteiger partial charge in [0.05, 0.1) is 6.20 Å². The minimum atomic E-state index is -4.46. The van der Waals surface area contributed by atoms with Crippen molar-refractivity contribution < 1.29 is 27.1 Å². The van der Waals surface area contributed by atoms with Crippen LogP contribution in [0.5, 0.6) is 5.88 Å². The molecule has 0 bridgehead atoms. The first kappa shape index (κ1) is 21.4. The Morgan fingerprint density at radius 2 is 1.90 bits per heavy atom. The molecule has 1 N–H and O–H groups in total. The molecule has 1 amide bonds. The molecule has 0 aliphatic carbocycles. The van der Waals surface area contributed by atoms with Crippen LogP contribution in [0.3, 0.4) is 0 Å². The van der Waals surface area contributed by atoms with E-state index >= 15 is 0 Å². The lowest BCUT2D eigenvalue weighted by Crippen LogP contribution is -2.24. The number of aromatic nitrogens is 2. The highest BCUT2D eigenvalue weighted by Crippen LogP contribution is 2.21. The van der Waals surface area contributed by atoms with Gasteiger partial charge < -0.3 is 14.5 Å². The summed E-state index contributed by atoms with van der Waals surface area (Å²) in [7, 11) is 0. The van der Waals surface area contributed by atoms with Crippen molar-refractivity contribution in [2.24, 2.45) is 0 Å². The molecular weight excluding hydrogens is 399 g/mol. The molecule has 0 saturated heterocycles. The number of benzene rings is 1. The molecule has 0 radical (unpaired) electrons. The fourth-order valence-electron chi connectivity index (χ4n) is 2.68. The molecule has 0 atom stereocenters. The smallest absolute Gasteiger partial charge is 0.422 e. The zero-order valence-corrected chi connectivity index (χ0v) is 16.0. The first-order chi connectivity index (χ1) is 14.4. The summed E-state index contributed by atoms with van der Waals surface area (Å²) in [6.07, 6.45) is -0.245. The number of nitrogens with one attached hydrogen (secondary N) is 1. The monoisotopic (exact) mass is 419 g/mol. The third-order valence-electron chi connectivity index (χ3n) is 4.10. The predicted octanol–water partition coefficient (Wildman–Crippen LogP) is 4.32. The lowest BCUT2D eigenvalue weighted by atomic mass is 10.2. The van der Waals surface area contributed by atoms with Crippen LogP contribution in [0, 0.1) is 0 Å². The van der Waals surface area contributed by atoms with E-state index in [9.17, 15) is 18.0 Å². The standard InChI is InChI=1S/C21H20F3N3O3/c22-21(23,24)14-29-20-16(8-5-11-25-20)12-26-18(28)9-4-10-19-27-13-17(30-19)15-6-2-1-3-7-15/h1-3,5-8,11,13H,4,9-10,12,14H2,(H,26,28). The molecule has 9 heteroatoms. The van der Waals surface area contributed by atoms with Gasteiger partial charge in [-0.15, -0.1) is 0 Å². The Hall–Kier alpha value is -3.36. The maximum Gasteiger partial charge on any atom is 0.422 e. The largest absolute Gasteiger partial charge is 0.468 e. The van der Waals surface area contributed by atoms with Gasteiger partial charge in [-0.3, -0.25) is 4.79 Å². The van der Waals surface area contributed by atoms with E-state index in [1.807, 2.05) is 30.3 Å². The Morgan fingerprint density at radius 1 is 1.10 bits per heavy atom. The van der Waals surface area contributed by atoms with Gasteiger partial charge in [-0.25, -0.2) is 9.97 Å². The molecule has 1 aromatic carbocycles. The topological polar surface area (TPSA) is 77.3 Å². The minimum Gasteiger partial charge on any atom is -0.468 e. The molecule has 0 unspecified atom stereocenters. The van der Waals surface area contributed by atoms with Crippen LogP contribution in [0.4, 0.5) is 13.2 Å². The number of carbonyl (C=O) groups is 1. The van der Waals surface area contributed by atoms with Crippen LogP contribution >= 0.6 is 0 Å². The molecular formula is C21H20F3N3O3. The fraction of sp³-hybridized carbons (Fsp3) is 0.286. The number of aryl methyl sites for hydroxylation is 1. The molecule has 6 nitrogen and oxygen atoms in total. The summed E-state index contributed by atoms with van der Waals surface area (Å²) in [5.74, 6) is 0.814. The van der Waals surface area contributed by atoms with Crippen molar-refractivity contribution in [1.29, 1.82) is 0 Å². The van der Waals surface area contributed by atoms with E-state index in [1.165, 1.54) is 6.20 Å². The molecule has 30 heavy (non-hydrogen) atoms. The van der Waals surface area contributed by atoms with Crippen LogP contribution in [-0.2, 0) is 17.8 Å². The number of rotatable bonds is 9.